The number of carbonyl (C=O) groups excluding carboxylic acids is 2. The van der Waals surface area contributed by atoms with Gasteiger partial charge < -0.3 is 9.80 Å². The van der Waals surface area contributed by atoms with Crippen LogP contribution in [0, 0.1) is 11.8 Å². The molecule has 2 saturated heterocycles. The predicted molar refractivity (Wildman–Crippen MR) is 89.6 cm³/mol. The van der Waals surface area contributed by atoms with Crippen LogP contribution in [0.1, 0.15) is 25.7 Å². The molecular formula is C14H20Cl4N2O2. The van der Waals surface area contributed by atoms with Crippen molar-refractivity contribution in [1.29, 1.82) is 0 Å². The maximum atomic E-state index is 11.8. The zero-order chi connectivity index (χ0) is 16.3. The smallest absolute Gasteiger partial charge is 0.255 e. The van der Waals surface area contributed by atoms with E-state index in [0.29, 0.717) is 38.0 Å². The quantitative estimate of drug-likeness (QED) is 0.696. The molecule has 0 N–H and O–H groups in total. The second-order valence-electron chi connectivity index (χ2n) is 5.93. The highest BCUT2D eigenvalue weighted by molar-refractivity contribution is 6.53. The Hall–Kier alpha value is 0.1000. The van der Waals surface area contributed by atoms with Crippen molar-refractivity contribution >= 4 is 58.2 Å². The molecule has 0 spiro atoms. The molecule has 0 unspecified atom stereocenters. The molecule has 0 radical (unpaired) electrons. The number of nitrogens with zero attached hydrogens (tertiary/aromatic N) is 2. The lowest BCUT2D eigenvalue weighted by Gasteiger charge is -2.40. The third kappa shape index (κ3) is 4.56. The number of likely N-dealkylation sites (tertiary alicyclic amines) is 2. The minimum Gasteiger partial charge on any atom is -0.340 e. The molecule has 0 atom stereocenters. The normalized spacial score (nSPS) is 21.7. The highest BCUT2D eigenvalue weighted by atomic mass is 35.5. The fraction of sp³-hybridized carbons (Fsp3) is 0.857. The first-order valence-electron chi connectivity index (χ1n) is 7.54. The molecular weight excluding hydrogens is 370 g/mol. The Balaban J connectivity index is 1.77. The lowest BCUT2D eigenvalue weighted by Crippen LogP contribution is -2.45. The molecule has 2 aliphatic rings. The molecule has 0 saturated carbocycles. The van der Waals surface area contributed by atoms with E-state index in [1.165, 1.54) is 0 Å². The Morgan fingerprint density at radius 3 is 1.18 bits per heavy atom. The maximum absolute atomic E-state index is 11.8. The first kappa shape index (κ1) is 18.4. The van der Waals surface area contributed by atoms with Crippen LogP contribution >= 0.6 is 46.4 Å². The van der Waals surface area contributed by atoms with Crippen LogP contribution in [0.15, 0.2) is 0 Å². The molecule has 8 heteroatoms. The Kier molecular flexibility index (Phi) is 6.93. The number of amides is 2. The summed E-state index contributed by atoms with van der Waals surface area (Å²) in [6, 6.07) is 0. The van der Waals surface area contributed by atoms with Crippen molar-refractivity contribution in [3.63, 3.8) is 0 Å². The fourth-order valence-corrected chi connectivity index (χ4v) is 4.01. The van der Waals surface area contributed by atoms with Crippen LogP contribution in [0.5, 0.6) is 0 Å². The van der Waals surface area contributed by atoms with Gasteiger partial charge in [0.25, 0.3) is 11.8 Å². The summed E-state index contributed by atoms with van der Waals surface area (Å²) in [6.07, 6.45) is 3.88. The van der Waals surface area contributed by atoms with Gasteiger partial charge in [-0.05, 0) is 37.5 Å². The minimum absolute atomic E-state index is 0.197. The average Bonchev–Trinajstić information content (AvgIpc) is 2.53. The van der Waals surface area contributed by atoms with Crippen molar-refractivity contribution in [3.05, 3.63) is 0 Å². The first-order valence-corrected chi connectivity index (χ1v) is 9.28. The summed E-state index contributed by atoms with van der Waals surface area (Å²) in [4.78, 5) is 25.1. The van der Waals surface area contributed by atoms with Crippen molar-refractivity contribution in [2.45, 2.75) is 35.4 Å². The van der Waals surface area contributed by atoms with Gasteiger partial charge in [0.2, 0.25) is 0 Å². The average molecular weight is 390 g/mol. The number of rotatable bonds is 3. The van der Waals surface area contributed by atoms with Gasteiger partial charge in [-0.15, -0.1) is 0 Å². The molecule has 4 nitrogen and oxygen atoms in total. The van der Waals surface area contributed by atoms with Crippen LogP contribution in [0.25, 0.3) is 0 Å². The third-order valence-corrected chi connectivity index (χ3v) is 5.49. The van der Waals surface area contributed by atoms with Crippen molar-refractivity contribution in [3.8, 4) is 0 Å². The molecule has 0 aromatic carbocycles. The highest BCUT2D eigenvalue weighted by Crippen LogP contribution is 2.33. The highest BCUT2D eigenvalue weighted by Gasteiger charge is 2.33. The molecule has 2 rings (SSSR count). The molecule has 0 bridgehead atoms. The lowest BCUT2D eigenvalue weighted by molar-refractivity contribution is -0.133. The van der Waals surface area contributed by atoms with Gasteiger partial charge in [0.05, 0.1) is 0 Å². The van der Waals surface area contributed by atoms with Crippen molar-refractivity contribution in [2.75, 3.05) is 26.2 Å². The second kappa shape index (κ2) is 8.27. The van der Waals surface area contributed by atoms with Crippen molar-refractivity contribution < 1.29 is 9.59 Å². The van der Waals surface area contributed by atoms with Gasteiger partial charge in [0, 0.05) is 26.2 Å². The van der Waals surface area contributed by atoms with Gasteiger partial charge in [0.1, 0.15) is 0 Å². The Morgan fingerprint density at radius 2 is 0.955 bits per heavy atom. The maximum Gasteiger partial charge on any atom is 0.255 e. The molecule has 2 fully saturated rings. The predicted octanol–water partition coefficient (Wildman–Crippen LogP) is 3.07. The Morgan fingerprint density at radius 1 is 0.682 bits per heavy atom. The summed E-state index contributed by atoms with van der Waals surface area (Å²) in [6.45, 7) is 2.85. The van der Waals surface area contributed by atoms with Crippen LogP contribution in [0.4, 0.5) is 0 Å². The summed E-state index contributed by atoms with van der Waals surface area (Å²) in [5.74, 6) is 0.788. The molecule has 0 aliphatic carbocycles. The van der Waals surface area contributed by atoms with Gasteiger partial charge in [0.15, 0.2) is 9.67 Å². The minimum atomic E-state index is -0.968. The summed E-state index contributed by atoms with van der Waals surface area (Å²) in [7, 11) is 0. The van der Waals surface area contributed by atoms with Gasteiger partial charge in [-0.1, -0.05) is 46.4 Å². The number of carbonyl (C=O) groups is 2. The molecule has 0 aromatic rings. The number of hydrogen-bond acceptors (Lipinski definition) is 2. The number of alkyl halides is 4. The van der Waals surface area contributed by atoms with Crippen molar-refractivity contribution in [1.82, 2.24) is 9.80 Å². The monoisotopic (exact) mass is 388 g/mol. The molecule has 2 aliphatic heterocycles. The Labute approximate surface area is 151 Å². The lowest BCUT2D eigenvalue weighted by atomic mass is 9.79. The zero-order valence-electron chi connectivity index (χ0n) is 12.2. The van der Waals surface area contributed by atoms with Crippen LogP contribution in [0.2, 0.25) is 0 Å². The summed E-state index contributed by atoms with van der Waals surface area (Å²) in [5.41, 5.74) is 0. The van der Waals surface area contributed by atoms with Gasteiger partial charge in [-0.25, -0.2) is 0 Å². The van der Waals surface area contributed by atoms with E-state index < -0.39 is 9.67 Å². The third-order valence-electron chi connectivity index (χ3n) is 4.74. The summed E-state index contributed by atoms with van der Waals surface area (Å²) in [5, 5.41) is 0. The van der Waals surface area contributed by atoms with E-state index >= 15 is 0 Å². The van der Waals surface area contributed by atoms with E-state index in [0.717, 1.165) is 25.7 Å². The SMILES string of the molecule is O=C(C(Cl)Cl)N1CCC(C2CCN(C(=O)C(Cl)Cl)CC2)CC1. The summed E-state index contributed by atoms with van der Waals surface area (Å²) >= 11 is 22.5. The molecule has 0 aromatic heterocycles. The topological polar surface area (TPSA) is 40.6 Å². The summed E-state index contributed by atoms with van der Waals surface area (Å²) < 4.78 is 0. The largest absolute Gasteiger partial charge is 0.340 e. The number of piperidine rings is 2. The van der Waals surface area contributed by atoms with E-state index in [1.807, 2.05) is 0 Å². The van der Waals surface area contributed by atoms with E-state index in [1.54, 1.807) is 9.80 Å². The Bertz CT molecular complexity index is 366. The standard InChI is InChI=1S/C14H20Cl4N2O2/c15-11(16)13(21)19-5-1-9(2-6-19)10-3-7-20(8-4-10)14(22)12(17)18/h9-12H,1-8H2. The van der Waals surface area contributed by atoms with Crippen LogP contribution in [-0.4, -0.2) is 57.5 Å². The number of halogens is 4. The van der Waals surface area contributed by atoms with E-state index in [2.05, 4.69) is 0 Å². The zero-order valence-corrected chi connectivity index (χ0v) is 15.2. The van der Waals surface area contributed by atoms with Crippen LogP contribution in [-0.2, 0) is 9.59 Å². The number of hydrogen-bond donors (Lipinski definition) is 0. The van der Waals surface area contributed by atoms with Crippen molar-refractivity contribution in [2.24, 2.45) is 11.8 Å². The first-order chi connectivity index (χ1) is 10.4. The molecule has 2 amide bonds. The molecule has 22 heavy (non-hydrogen) atoms. The van der Waals surface area contributed by atoms with Crippen LogP contribution < -0.4 is 0 Å². The van der Waals surface area contributed by atoms with Gasteiger partial charge in [-0.2, -0.15) is 0 Å². The van der Waals surface area contributed by atoms with Gasteiger partial charge >= 0.3 is 0 Å². The second-order valence-corrected chi connectivity index (χ2v) is 8.12. The fourth-order valence-electron chi connectivity index (χ4n) is 3.46. The van der Waals surface area contributed by atoms with E-state index in [-0.39, 0.29) is 11.8 Å². The van der Waals surface area contributed by atoms with E-state index in [9.17, 15) is 9.59 Å². The van der Waals surface area contributed by atoms with Gasteiger partial charge in [-0.3, -0.25) is 9.59 Å². The molecule has 126 valence electrons. The molecule has 2 heterocycles. The van der Waals surface area contributed by atoms with E-state index in [4.69, 9.17) is 46.4 Å². The van der Waals surface area contributed by atoms with Crippen LogP contribution in [0.3, 0.4) is 0 Å².